The largest absolute Gasteiger partial charge is 0.492 e. The van der Waals surface area contributed by atoms with Crippen LogP contribution in [0.15, 0.2) is 24.3 Å². The van der Waals surface area contributed by atoms with Gasteiger partial charge in [-0.2, -0.15) is 0 Å². The van der Waals surface area contributed by atoms with Crippen LogP contribution in [0.1, 0.15) is 5.56 Å². The van der Waals surface area contributed by atoms with Gasteiger partial charge in [-0.25, -0.2) is 0 Å². The third-order valence-corrected chi connectivity index (χ3v) is 2.80. The zero-order chi connectivity index (χ0) is 12.4. The zero-order valence-electron chi connectivity index (χ0n) is 10.2. The maximum absolute atomic E-state index is 5.41. The molecule has 0 saturated heterocycles. The van der Waals surface area contributed by atoms with Crippen molar-refractivity contribution in [2.24, 2.45) is 0 Å². The minimum absolute atomic E-state index is 0.582. The predicted octanol–water partition coefficient (Wildman–Crippen LogP) is 3.05. The predicted molar refractivity (Wildman–Crippen MR) is 68.1 cm³/mol. The Morgan fingerprint density at radius 2 is 1.29 bits per heavy atom. The molecule has 2 aromatic carbocycles. The topological polar surface area (TPSA) is 27.7 Å². The second-order valence-corrected chi connectivity index (χ2v) is 3.62. The monoisotopic (exact) mass is 231 g/mol. The summed E-state index contributed by atoms with van der Waals surface area (Å²) in [6.45, 7) is 4.04. The van der Waals surface area contributed by atoms with Crippen molar-refractivity contribution in [3.63, 3.8) is 0 Å². The molecule has 0 fully saturated rings. The van der Waals surface area contributed by atoms with E-state index in [0.717, 1.165) is 16.3 Å². The molecule has 0 unspecified atom stereocenters. The molecule has 0 aliphatic rings. The van der Waals surface area contributed by atoms with E-state index in [1.54, 1.807) is 21.3 Å². The molecular formula is C14H15O3. The van der Waals surface area contributed by atoms with E-state index in [-0.39, 0.29) is 0 Å². The lowest BCUT2D eigenvalue weighted by atomic mass is 10.0. The number of hydrogen-bond donors (Lipinski definition) is 0. The summed E-state index contributed by atoms with van der Waals surface area (Å²) in [5.74, 6) is 1.87. The van der Waals surface area contributed by atoms with Crippen LogP contribution in [0.5, 0.6) is 17.2 Å². The number of hydrogen-bond acceptors (Lipinski definition) is 3. The normalized spacial score (nSPS) is 10.4. The van der Waals surface area contributed by atoms with Crippen LogP contribution in [0, 0.1) is 6.92 Å². The van der Waals surface area contributed by atoms with Gasteiger partial charge in [0, 0.05) is 10.9 Å². The highest BCUT2D eigenvalue weighted by molar-refractivity contribution is 5.96. The van der Waals surface area contributed by atoms with Crippen molar-refractivity contribution in [1.82, 2.24) is 0 Å². The Hall–Kier alpha value is -1.90. The molecule has 0 aromatic heterocycles. The maximum Gasteiger partial charge on any atom is 0.204 e. The van der Waals surface area contributed by atoms with Gasteiger partial charge in [-0.05, 0) is 12.3 Å². The Morgan fingerprint density at radius 1 is 0.765 bits per heavy atom. The number of fused-ring (bicyclic) bond motifs is 1. The van der Waals surface area contributed by atoms with Gasteiger partial charge >= 0.3 is 0 Å². The van der Waals surface area contributed by atoms with Gasteiger partial charge in [0.1, 0.15) is 0 Å². The summed E-state index contributed by atoms with van der Waals surface area (Å²) in [6, 6.07) is 7.88. The lowest BCUT2D eigenvalue weighted by molar-refractivity contribution is 0.326. The van der Waals surface area contributed by atoms with Crippen molar-refractivity contribution in [3.8, 4) is 17.2 Å². The molecule has 0 bridgehead atoms. The summed E-state index contributed by atoms with van der Waals surface area (Å²) in [7, 11) is 4.81. The molecule has 0 amide bonds. The van der Waals surface area contributed by atoms with E-state index in [1.165, 1.54) is 0 Å². The van der Waals surface area contributed by atoms with Gasteiger partial charge in [0.2, 0.25) is 5.75 Å². The Bertz CT molecular complexity index is 547. The minimum Gasteiger partial charge on any atom is -0.492 e. The fraction of sp³-hybridized carbons (Fsp3) is 0.214. The van der Waals surface area contributed by atoms with Crippen LogP contribution < -0.4 is 14.2 Å². The summed E-state index contributed by atoms with van der Waals surface area (Å²) in [4.78, 5) is 0. The van der Waals surface area contributed by atoms with Gasteiger partial charge in [0.25, 0.3) is 0 Å². The molecule has 2 rings (SSSR count). The Kier molecular flexibility index (Phi) is 3.09. The molecule has 0 saturated carbocycles. The van der Waals surface area contributed by atoms with Gasteiger partial charge in [-0.3, -0.25) is 0 Å². The molecule has 2 aromatic rings. The molecule has 1 radical (unpaired) electrons. The molecule has 17 heavy (non-hydrogen) atoms. The first-order chi connectivity index (χ1) is 8.24. The van der Waals surface area contributed by atoms with Crippen LogP contribution in [0.2, 0.25) is 0 Å². The molecule has 89 valence electrons. The summed E-state index contributed by atoms with van der Waals surface area (Å²) >= 11 is 0. The maximum atomic E-state index is 5.41. The Balaban J connectivity index is 2.93. The number of ether oxygens (including phenoxy) is 3. The highest BCUT2D eigenvalue weighted by Gasteiger charge is 2.18. The Labute approximate surface area is 101 Å². The highest BCUT2D eigenvalue weighted by Crippen LogP contribution is 2.45. The van der Waals surface area contributed by atoms with Gasteiger partial charge in [0.05, 0.1) is 21.3 Å². The molecular weight excluding hydrogens is 216 g/mol. The van der Waals surface area contributed by atoms with Gasteiger partial charge < -0.3 is 14.2 Å². The van der Waals surface area contributed by atoms with Crippen molar-refractivity contribution < 1.29 is 14.2 Å². The van der Waals surface area contributed by atoms with Crippen LogP contribution in [0.25, 0.3) is 10.8 Å². The fourth-order valence-corrected chi connectivity index (χ4v) is 2.03. The number of rotatable bonds is 3. The summed E-state index contributed by atoms with van der Waals surface area (Å²) in [6.07, 6.45) is 0. The number of methoxy groups -OCH3 is 3. The average molecular weight is 231 g/mol. The standard InChI is InChI=1S/C14H15O3/c1-9-10-7-5-6-8-11(10)13(16-3)14(17-4)12(9)15-2/h5-8H,1H2,2-4H3. The van der Waals surface area contributed by atoms with Crippen molar-refractivity contribution >= 4 is 10.8 Å². The van der Waals surface area contributed by atoms with Crippen LogP contribution in [-0.2, 0) is 0 Å². The van der Waals surface area contributed by atoms with Crippen molar-refractivity contribution in [2.75, 3.05) is 21.3 Å². The quantitative estimate of drug-likeness (QED) is 0.812. The van der Waals surface area contributed by atoms with Crippen LogP contribution in [-0.4, -0.2) is 21.3 Å². The molecule has 0 atom stereocenters. The van der Waals surface area contributed by atoms with E-state index in [4.69, 9.17) is 14.2 Å². The second-order valence-electron chi connectivity index (χ2n) is 3.62. The Morgan fingerprint density at radius 3 is 1.82 bits per heavy atom. The average Bonchev–Trinajstić information content (AvgIpc) is 2.38. The summed E-state index contributed by atoms with van der Waals surface area (Å²) in [5.41, 5.74) is 0.806. The minimum atomic E-state index is 0.582. The van der Waals surface area contributed by atoms with Crippen molar-refractivity contribution in [1.29, 1.82) is 0 Å². The van der Waals surface area contributed by atoms with Crippen LogP contribution in [0.4, 0.5) is 0 Å². The van der Waals surface area contributed by atoms with Gasteiger partial charge in [-0.15, -0.1) is 0 Å². The van der Waals surface area contributed by atoms with Gasteiger partial charge in [0.15, 0.2) is 11.5 Å². The third-order valence-electron chi connectivity index (χ3n) is 2.80. The van der Waals surface area contributed by atoms with E-state index < -0.39 is 0 Å². The van der Waals surface area contributed by atoms with Crippen LogP contribution in [0.3, 0.4) is 0 Å². The first-order valence-electron chi connectivity index (χ1n) is 5.27. The zero-order valence-corrected chi connectivity index (χ0v) is 10.2. The summed E-state index contributed by atoms with van der Waals surface area (Å²) in [5, 5.41) is 1.97. The van der Waals surface area contributed by atoms with E-state index >= 15 is 0 Å². The first kappa shape index (κ1) is 11.6. The molecule has 0 N–H and O–H groups in total. The van der Waals surface area contributed by atoms with Crippen molar-refractivity contribution in [2.45, 2.75) is 0 Å². The fourth-order valence-electron chi connectivity index (χ4n) is 2.03. The lowest BCUT2D eigenvalue weighted by Crippen LogP contribution is -1.98. The smallest absolute Gasteiger partial charge is 0.204 e. The SMILES string of the molecule is [CH2]c1c(OC)c(OC)c(OC)c2ccccc12. The highest BCUT2D eigenvalue weighted by atomic mass is 16.5. The second kappa shape index (κ2) is 4.53. The number of benzene rings is 2. The molecule has 0 aliphatic carbocycles. The van der Waals surface area contributed by atoms with E-state index in [0.29, 0.717) is 17.2 Å². The van der Waals surface area contributed by atoms with Crippen LogP contribution >= 0.6 is 0 Å². The first-order valence-corrected chi connectivity index (χ1v) is 5.27. The van der Waals surface area contributed by atoms with E-state index in [9.17, 15) is 0 Å². The van der Waals surface area contributed by atoms with Gasteiger partial charge in [-0.1, -0.05) is 24.3 Å². The van der Waals surface area contributed by atoms with Crippen molar-refractivity contribution in [3.05, 3.63) is 36.8 Å². The summed E-state index contributed by atoms with van der Waals surface area (Å²) < 4.78 is 16.1. The molecule has 0 aliphatic heterocycles. The molecule has 0 spiro atoms. The molecule has 0 heterocycles. The molecule has 3 nitrogen and oxygen atoms in total. The molecule has 3 heteroatoms. The lowest BCUT2D eigenvalue weighted by Gasteiger charge is -2.17. The third kappa shape index (κ3) is 1.68. The van der Waals surface area contributed by atoms with E-state index in [1.807, 2.05) is 24.3 Å². The van der Waals surface area contributed by atoms with E-state index in [2.05, 4.69) is 6.92 Å².